The van der Waals surface area contributed by atoms with E-state index in [0.717, 1.165) is 5.39 Å². The molecule has 0 saturated heterocycles. The van der Waals surface area contributed by atoms with Gasteiger partial charge in [-0.25, -0.2) is 4.98 Å². The lowest BCUT2D eigenvalue weighted by molar-refractivity contribution is -0.375. The largest absolute Gasteiger partial charge is 0.504 e. The third-order valence-electron chi connectivity index (χ3n) is 2.12. The molecule has 0 aliphatic heterocycles. The summed E-state index contributed by atoms with van der Waals surface area (Å²) in [6.45, 7) is 5.76. The second-order valence-electron chi connectivity index (χ2n) is 3.04. The first-order valence-corrected chi connectivity index (χ1v) is 5.01. The van der Waals surface area contributed by atoms with Crippen LogP contribution in [-0.4, -0.2) is 10.2 Å². The predicted molar refractivity (Wildman–Crippen MR) is 59.9 cm³/mol. The minimum Gasteiger partial charge on any atom is -0.504 e. The third-order valence-corrected chi connectivity index (χ3v) is 2.12. The molecule has 0 bridgehead atoms. The van der Waals surface area contributed by atoms with Crippen molar-refractivity contribution in [3.05, 3.63) is 30.1 Å². The Bertz CT molecular complexity index is 466. The van der Waals surface area contributed by atoms with E-state index in [1.165, 1.54) is 0 Å². The van der Waals surface area contributed by atoms with Gasteiger partial charge in [-0.1, -0.05) is 13.8 Å². The highest BCUT2D eigenvalue weighted by molar-refractivity contribution is 5.89. The molecule has 0 unspecified atom stereocenters. The molecule has 0 amide bonds. The maximum absolute atomic E-state index is 9.57. The molecule has 80 valence electrons. The molecule has 15 heavy (non-hydrogen) atoms. The number of aromatic nitrogens is 1. The summed E-state index contributed by atoms with van der Waals surface area (Å²) in [4.78, 5) is 2.85. The van der Waals surface area contributed by atoms with Gasteiger partial charge in [0.2, 0.25) is 0 Å². The van der Waals surface area contributed by atoms with Crippen LogP contribution in [0.5, 0.6) is 11.5 Å². The number of aryl methyl sites for hydroxylation is 1. The van der Waals surface area contributed by atoms with Crippen LogP contribution >= 0.6 is 0 Å². The second-order valence-corrected chi connectivity index (χ2v) is 3.04. The summed E-state index contributed by atoms with van der Waals surface area (Å²) < 4.78 is 0. The molecule has 2 aromatic rings. The third kappa shape index (κ3) is 2.01. The number of hydrogen-bond donors (Lipinski definition) is 2. The van der Waals surface area contributed by atoms with E-state index in [1.54, 1.807) is 19.3 Å². The first-order chi connectivity index (χ1) is 7.20. The average molecular weight is 206 g/mol. The van der Waals surface area contributed by atoms with Crippen LogP contribution in [0.4, 0.5) is 0 Å². The van der Waals surface area contributed by atoms with Crippen molar-refractivity contribution in [1.82, 2.24) is 0 Å². The molecule has 0 fully saturated rings. The van der Waals surface area contributed by atoms with Crippen molar-refractivity contribution in [2.45, 2.75) is 20.8 Å². The van der Waals surface area contributed by atoms with E-state index in [2.05, 4.69) is 4.98 Å². The van der Waals surface area contributed by atoms with Crippen LogP contribution in [0.2, 0.25) is 0 Å². The fraction of sp³-hybridized carbons (Fsp3) is 0.250. The predicted octanol–water partition coefficient (Wildman–Crippen LogP) is 2.40. The molecule has 0 aliphatic rings. The van der Waals surface area contributed by atoms with Gasteiger partial charge in [0.25, 0.3) is 0 Å². The van der Waals surface area contributed by atoms with Crippen molar-refractivity contribution in [3.63, 3.8) is 0 Å². The number of nitrogens with one attached hydrogen (secondary N) is 1. The van der Waals surface area contributed by atoms with Gasteiger partial charge in [-0.15, -0.1) is 0 Å². The Balaban J connectivity index is 0.000000531. The van der Waals surface area contributed by atoms with Gasteiger partial charge in [-0.05, 0) is 23.9 Å². The molecule has 1 aromatic heterocycles. The molecule has 0 aliphatic carbocycles. The van der Waals surface area contributed by atoms with Crippen LogP contribution in [0.3, 0.4) is 0 Å². The first-order valence-electron chi connectivity index (χ1n) is 5.01. The van der Waals surface area contributed by atoms with Gasteiger partial charge in [0, 0.05) is 6.07 Å². The average Bonchev–Trinajstić information content (AvgIpc) is 2.29. The van der Waals surface area contributed by atoms with Crippen molar-refractivity contribution >= 4 is 10.8 Å². The zero-order chi connectivity index (χ0) is 11.4. The van der Waals surface area contributed by atoms with Crippen LogP contribution in [-0.2, 0) is 0 Å². The molecule has 3 nitrogen and oxygen atoms in total. The number of H-pyrrole nitrogens is 1. The van der Waals surface area contributed by atoms with E-state index < -0.39 is 0 Å². The number of hydrogen-bond acceptors (Lipinski definition) is 2. The summed E-state index contributed by atoms with van der Waals surface area (Å²) >= 11 is 0. The van der Waals surface area contributed by atoms with E-state index in [1.807, 2.05) is 26.0 Å². The van der Waals surface area contributed by atoms with Gasteiger partial charge in [-0.3, -0.25) is 0 Å². The van der Waals surface area contributed by atoms with E-state index in [9.17, 15) is 10.2 Å². The van der Waals surface area contributed by atoms with Gasteiger partial charge in [-0.2, -0.15) is 0 Å². The lowest BCUT2D eigenvalue weighted by Crippen LogP contribution is -1.97. The summed E-state index contributed by atoms with van der Waals surface area (Å²) in [5.41, 5.74) is 0.677. The summed E-state index contributed by atoms with van der Waals surface area (Å²) in [6.07, 6.45) is 3.43. The van der Waals surface area contributed by atoms with Gasteiger partial charge in [0.1, 0.15) is 0 Å². The second kappa shape index (κ2) is 4.64. The van der Waals surface area contributed by atoms with E-state index >= 15 is 0 Å². The van der Waals surface area contributed by atoms with Crippen molar-refractivity contribution in [3.8, 4) is 11.5 Å². The van der Waals surface area contributed by atoms with Crippen molar-refractivity contribution in [2.75, 3.05) is 0 Å². The van der Waals surface area contributed by atoms with Crippen LogP contribution in [0.1, 0.15) is 19.4 Å². The summed E-state index contributed by atoms with van der Waals surface area (Å²) in [7, 11) is 0. The topological polar surface area (TPSA) is 54.6 Å². The molecule has 3 N–H and O–H groups in total. The Hall–Kier alpha value is -1.77. The zero-order valence-electron chi connectivity index (χ0n) is 9.20. The molecule has 0 atom stereocenters. The number of phenols is 2. The number of aromatic amines is 1. The van der Waals surface area contributed by atoms with Crippen LogP contribution in [0.25, 0.3) is 10.8 Å². The lowest BCUT2D eigenvalue weighted by atomic mass is 10.1. The van der Waals surface area contributed by atoms with Crippen molar-refractivity contribution in [1.29, 1.82) is 0 Å². The number of pyridine rings is 1. The van der Waals surface area contributed by atoms with Crippen LogP contribution in [0.15, 0.2) is 24.5 Å². The van der Waals surface area contributed by atoms with Crippen LogP contribution < -0.4 is 4.98 Å². The summed E-state index contributed by atoms with van der Waals surface area (Å²) in [5.74, 6) is -0.112. The molecule has 0 saturated carbocycles. The Morgan fingerprint density at radius 1 is 1.13 bits per heavy atom. The SMILES string of the molecule is CC.Cc1cc2cc[nH+]cc2c(O)c1O. The quantitative estimate of drug-likeness (QED) is 0.650. The smallest absolute Gasteiger partial charge is 0.178 e. The molecular weight excluding hydrogens is 190 g/mol. The zero-order valence-corrected chi connectivity index (χ0v) is 9.20. The highest BCUT2D eigenvalue weighted by atomic mass is 16.3. The van der Waals surface area contributed by atoms with E-state index in [0.29, 0.717) is 10.9 Å². The minimum absolute atomic E-state index is 0.0490. The maximum Gasteiger partial charge on any atom is 0.178 e. The molecule has 2 rings (SSSR count). The first kappa shape index (κ1) is 11.3. The van der Waals surface area contributed by atoms with E-state index in [-0.39, 0.29) is 11.5 Å². The molecule has 1 heterocycles. The molecule has 1 aromatic carbocycles. The normalized spacial score (nSPS) is 9.53. The highest BCUT2D eigenvalue weighted by Gasteiger charge is 2.09. The standard InChI is InChI=1S/C10H9NO2.C2H6/c1-6-4-7-2-3-11-5-8(7)10(13)9(6)12;1-2/h2-5,12-13H,1H3;1-2H3/p+1. The Labute approximate surface area is 89.0 Å². The number of fused-ring (bicyclic) bond motifs is 1. The van der Waals surface area contributed by atoms with Crippen molar-refractivity contribution in [2.24, 2.45) is 0 Å². The Morgan fingerprint density at radius 2 is 1.80 bits per heavy atom. The monoisotopic (exact) mass is 206 g/mol. The number of aromatic hydroxyl groups is 2. The van der Waals surface area contributed by atoms with Gasteiger partial charge < -0.3 is 10.2 Å². The fourth-order valence-corrected chi connectivity index (χ4v) is 1.39. The molecule has 0 radical (unpaired) electrons. The number of phenolic OH excluding ortho intramolecular Hbond substituents is 2. The van der Waals surface area contributed by atoms with Crippen molar-refractivity contribution < 1.29 is 15.2 Å². The van der Waals surface area contributed by atoms with Gasteiger partial charge in [0.05, 0.1) is 5.39 Å². The molecular formula is C12H16NO2+. The van der Waals surface area contributed by atoms with Gasteiger partial charge in [0.15, 0.2) is 23.9 Å². The minimum atomic E-state index is -0.0631. The van der Waals surface area contributed by atoms with E-state index in [4.69, 9.17) is 0 Å². The fourth-order valence-electron chi connectivity index (χ4n) is 1.39. The Kier molecular flexibility index (Phi) is 3.50. The molecule has 0 spiro atoms. The summed E-state index contributed by atoms with van der Waals surface area (Å²) in [5, 5.41) is 20.5. The molecule has 3 heteroatoms. The van der Waals surface area contributed by atoms with Gasteiger partial charge >= 0.3 is 0 Å². The Morgan fingerprint density at radius 3 is 2.47 bits per heavy atom. The maximum atomic E-state index is 9.57. The highest BCUT2D eigenvalue weighted by Crippen LogP contribution is 2.35. The van der Waals surface area contributed by atoms with Crippen LogP contribution in [0, 0.1) is 6.92 Å². The number of rotatable bonds is 0. The number of benzene rings is 1. The summed E-state index contributed by atoms with van der Waals surface area (Å²) in [6, 6.07) is 3.68. The lowest BCUT2D eigenvalue weighted by Gasteiger charge is -2.03.